The van der Waals surface area contributed by atoms with Crippen LogP contribution in [0.2, 0.25) is 0 Å². The van der Waals surface area contributed by atoms with Crippen LogP contribution in [0.3, 0.4) is 0 Å². The Morgan fingerprint density at radius 2 is 2.44 bits per heavy atom. The van der Waals surface area contributed by atoms with E-state index in [0.717, 1.165) is 23.4 Å². The molecule has 18 heavy (non-hydrogen) atoms. The molecule has 0 aromatic carbocycles. The van der Waals surface area contributed by atoms with Gasteiger partial charge in [-0.15, -0.1) is 11.3 Å². The van der Waals surface area contributed by atoms with E-state index >= 15 is 0 Å². The van der Waals surface area contributed by atoms with Crippen LogP contribution in [0.5, 0.6) is 0 Å². The van der Waals surface area contributed by atoms with Crippen molar-refractivity contribution in [2.75, 3.05) is 20.3 Å². The second-order valence-corrected chi connectivity index (χ2v) is 5.57. The molecule has 7 heteroatoms. The summed E-state index contributed by atoms with van der Waals surface area (Å²) in [5.41, 5.74) is 0. The summed E-state index contributed by atoms with van der Waals surface area (Å²) in [7, 11) is 1.69. The van der Waals surface area contributed by atoms with Crippen LogP contribution in [0.4, 0.5) is 0 Å². The molecule has 0 atom stereocenters. The smallest absolute Gasteiger partial charge is 0.164 e. The van der Waals surface area contributed by atoms with E-state index in [4.69, 9.17) is 4.74 Å². The van der Waals surface area contributed by atoms with Crippen LogP contribution in [-0.2, 0) is 17.8 Å². The van der Waals surface area contributed by atoms with Crippen LogP contribution in [0, 0.1) is 0 Å². The molecular formula is C11H15BrN4OS. The normalized spacial score (nSPS) is 11.0. The lowest BCUT2D eigenvalue weighted by Crippen LogP contribution is -2.19. The number of hydrogen-bond acceptors (Lipinski definition) is 5. The van der Waals surface area contributed by atoms with Gasteiger partial charge in [0.1, 0.15) is 6.33 Å². The number of aromatic nitrogens is 3. The van der Waals surface area contributed by atoms with Gasteiger partial charge in [-0.05, 0) is 27.4 Å². The minimum absolute atomic E-state index is 0.669. The van der Waals surface area contributed by atoms with Crippen molar-refractivity contribution in [3.05, 3.63) is 32.9 Å². The molecule has 2 aromatic heterocycles. The highest BCUT2D eigenvalue weighted by Gasteiger charge is 2.05. The maximum Gasteiger partial charge on any atom is 0.164 e. The molecule has 98 valence electrons. The second kappa shape index (κ2) is 6.98. The molecule has 2 rings (SSSR count). The minimum Gasteiger partial charge on any atom is -0.383 e. The summed E-state index contributed by atoms with van der Waals surface area (Å²) in [5.74, 6) is 0.804. The van der Waals surface area contributed by atoms with Crippen molar-refractivity contribution in [3.8, 4) is 0 Å². The van der Waals surface area contributed by atoms with Crippen molar-refractivity contribution in [1.29, 1.82) is 0 Å². The molecule has 5 nitrogen and oxygen atoms in total. The maximum atomic E-state index is 4.96. The molecule has 2 heterocycles. The van der Waals surface area contributed by atoms with Crippen molar-refractivity contribution in [3.63, 3.8) is 0 Å². The van der Waals surface area contributed by atoms with Gasteiger partial charge in [-0.3, -0.25) is 0 Å². The summed E-state index contributed by atoms with van der Waals surface area (Å²) in [4.78, 5) is 5.51. The van der Waals surface area contributed by atoms with Crippen molar-refractivity contribution in [2.24, 2.45) is 0 Å². The zero-order valence-corrected chi connectivity index (χ0v) is 12.5. The highest BCUT2D eigenvalue weighted by atomic mass is 79.9. The van der Waals surface area contributed by atoms with Crippen LogP contribution in [0.25, 0.3) is 0 Å². The monoisotopic (exact) mass is 330 g/mol. The Labute approximate surface area is 118 Å². The maximum absolute atomic E-state index is 4.96. The standard InChI is InChI=1S/C11H15BrN4OS/c1-17-4-3-13-6-11-14-8-16(15-11)7-10-9(12)2-5-18-10/h2,5,8,13H,3-4,6-7H2,1H3. The molecule has 0 bridgehead atoms. The van der Waals surface area contributed by atoms with E-state index in [-0.39, 0.29) is 0 Å². The summed E-state index contributed by atoms with van der Waals surface area (Å²) < 4.78 is 7.93. The Balaban J connectivity index is 1.84. The fourth-order valence-corrected chi connectivity index (χ4v) is 2.92. The number of halogens is 1. The third-order valence-electron chi connectivity index (χ3n) is 2.35. The average Bonchev–Trinajstić information content (AvgIpc) is 2.96. The summed E-state index contributed by atoms with van der Waals surface area (Å²) in [5, 5.41) is 9.69. The Kier molecular flexibility index (Phi) is 5.30. The zero-order chi connectivity index (χ0) is 12.8. The number of rotatable bonds is 7. The van der Waals surface area contributed by atoms with Gasteiger partial charge in [0.05, 0.1) is 19.7 Å². The lowest BCUT2D eigenvalue weighted by Gasteiger charge is -2.00. The summed E-state index contributed by atoms with van der Waals surface area (Å²) in [6, 6.07) is 2.05. The SMILES string of the molecule is COCCNCc1ncn(Cc2sccc2Br)n1. The van der Waals surface area contributed by atoms with Crippen LogP contribution >= 0.6 is 27.3 Å². The number of thiophene rings is 1. The quantitative estimate of drug-likeness (QED) is 0.787. The molecule has 0 spiro atoms. The van der Waals surface area contributed by atoms with Gasteiger partial charge in [0, 0.05) is 23.0 Å². The first-order valence-corrected chi connectivity index (χ1v) is 7.26. The fraction of sp³-hybridized carbons (Fsp3) is 0.455. The molecular weight excluding hydrogens is 316 g/mol. The number of methoxy groups -OCH3 is 1. The van der Waals surface area contributed by atoms with Crippen LogP contribution < -0.4 is 5.32 Å². The lowest BCUT2D eigenvalue weighted by molar-refractivity contribution is 0.199. The van der Waals surface area contributed by atoms with E-state index in [0.29, 0.717) is 13.2 Å². The van der Waals surface area contributed by atoms with Crippen molar-refractivity contribution in [2.45, 2.75) is 13.1 Å². The zero-order valence-electron chi connectivity index (χ0n) is 10.1. The summed E-state index contributed by atoms with van der Waals surface area (Å²) in [6.45, 7) is 2.93. The number of hydrogen-bond donors (Lipinski definition) is 1. The van der Waals surface area contributed by atoms with Gasteiger partial charge in [0.2, 0.25) is 0 Å². The predicted octanol–water partition coefficient (Wildman–Crippen LogP) is 1.89. The molecule has 1 N–H and O–H groups in total. The third-order valence-corrected chi connectivity index (χ3v) is 4.26. The van der Waals surface area contributed by atoms with Crippen LogP contribution in [0.15, 0.2) is 22.2 Å². The van der Waals surface area contributed by atoms with E-state index in [1.807, 2.05) is 10.7 Å². The molecule has 2 aromatic rings. The molecule has 0 saturated carbocycles. The Morgan fingerprint density at radius 3 is 3.17 bits per heavy atom. The van der Waals surface area contributed by atoms with E-state index in [2.05, 4.69) is 36.7 Å². The van der Waals surface area contributed by atoms with E-state index in [9.17, 15) is 0 Å². The Morgan fingerprint density at radius 1 is 1.56 bits per heavy atom. The third kappa shape index (κ3) is 3.88. The molecule has 0 aliphatic carbocycles. The average molecular weight is 331 g/mol. The van der Waals surface area contributed by atoms with Gasteiger partial charge < -0.3 is 10.1 Å². The molecule has 0 amide bonds. The topological polar surface area (TPSA) is 52.0 Å². The first-order valence-electron chi connectivity index (χ1n) is 5.59. The predicted molar refractivity (Wildman–Crippen MR) is 74.7 cm³/mol. The number of ether oxygens (including phenoxy) is 1. The van der Waals surface area contributed by atoms with E-state index < -0.39 is 0 Å². The van der Waals surface area contributed by atoms with Crippen LogP contribution in [-0.4, -0.2) is 35.0 Å². The van der Waals surface area contributed by atoms with Crippen LogP contribution in [0.1, 0.15) is 10.7 Å². The number of nitrogens with one attached hydrogen (secondary N) is 1. The van der Waals surface area contributed by atoms with Crippen molar-refractivity contribution >= 4 is 27.3 Å². The first kappa shape index (κ1) is 13.7. The van der Waals surface area contributed by atoms with Crippen molar-refractivity contribution < 1.29 is 4.74 Å². The Hall–Kier alpha value is -0.760. The molecule has 0 saturated heterocycles. The Bertz CT molecular complexity index is 485. The van der Waals surface area contributed by atoms with E-state index in [1.165, 1.54) is 4.88 Å². The molecule has 0 aliphatic heterocycles. The number of nitrogens with zero attached hydrogens (tertiary/aromatic N) is 3. The van der Waals surface area contributed by atoms with Crippen molar-refractivity contribution in [1.82, 2.24) is 20.1 Å². The lowest BCUT2D eigenvalue weighted by atomic mass is 10.5. The molecule has 0 unspecified atom stereocenters. The molecule has 0 radical (unpaired) electrons. The van der Waals surface area contributed by atoms with Gasteiger partial charge in [-0.1, -0.05) is 0 Å². The van der Waals surface area contributed by atoms with Gasteiger partial charge in [-0.2, -0.15) is 5.10 Å². The van der Waals surface area contributed by atoms with E-state index in [1.54, 1.807) is 24.8 Å². The fourth-order valence-electron chi connectivity index (χ4n) is 1.45. The van der Waals surface area contributed by atoms with Gasteiger partial charge in [-0.25, -0.2) is 9.67 Å². The van der Waals surface area contributed by atoms with Gasteiger partial charge >= 0.3 is 0 Å². The highest BCUT2D eigenvalue weighted by Crippen LogP contribution is 2.23. The minimum atomic E-state index is 0.669. The summed E-state index contributed by atoms with van der Waals surface area (Å²) >= 11 is 5.22. The van der Waals surface area contributed by atoms with Gasteiger partial charge in [0.15, 0.2) is 5.82 Å². The van der Waals surface area contributed by atoms with Gasteiger partial charge in [0.25, 0.3) is 0 Å². The summed E-state index contributed by atoms with van der Waals surface area (Å²) in [6.07, 6.45) is 1.76. The second-order valence-electron chi connectivity index (χ2n) is 3.72. The largest absolute Gasteiger partial charge is 0.383 e. The molecule has 0 fully saturated rings. The molecule has 0 aliphatic rings. The first-order chi connectivity index (χ1) is 8.79. The highest BCUT2D eigenvalue weighted by molar-refractivity contribution is 9.10.